The van der Waals surface area contributed by atoms with E-state index < -0.39 is 17.7 Å². The molecule has 4 unspecified atom stereocenters. The first-order chi connectivity index (χ1) is 26.6. The quantitative estimate of drug-likeness (QED) is 0.0881. The van der Waals surface area contributed by atoms with E-state index in [9.17, 15) is 18.7 Å². The number of fused-ring (bicyclic) bond motifs is 2. The summed E-state index contributed by atoms with van der Waals surface area (Å²) in [6.45, 7) is 2.34. The van der Waals surface area contributed by atoms with Crippen LogP contribution < -0.4 is 16.0 Å². The van der Waals surface area contributed by atoms with Crippen molar-refractivity contribution in [1.29, 1.82) is 0 Å². The Kier molecular flexibility index (Phi) is 11.8. The molecule has 6 aromatic heterocycles. The molecule has 0 aromatic carbocycles. The van der Waals surface area contributed by atoms with Gasteiger partial charge in [-0.25, -0.2) is 43.5 Å². The Hall–Kier alpha value is -5.19. The second-order valence-corrected chi connectivity index (χ2v) is 14.4. The number of halogens is 4. The lowest BCUT2D eigenvalue weighted by Crippen LogP contribution is -2.36. The number of nitrogens with zero attached hydrogens (tertiary/aromatic N) is 6. The molecule has 0 saturated heterocycles. The SMILES string of the molecule is CCNC(=O)OC1CCCC(Nc2nc(-c3c[nH]c4ncc(Cl)cc34)ncc2F)C1.OC1CCCC(Nc2nc(-c3c[nH]c4ncc(Cl)cc34)ncc2F)C1. The summed E-state index contributed by atoms with van der Waals surface area (Å²) in [6.07, 6.45) is 14.1. The van der Waals surface area contributed by atoms with E-state index in [1.165, 1.54) is 0 Å². The maximum atomic E-state index is 14.4. The number of hydrogen-bond acceptors (Lipinski definition) is 11. The fourth-order valence-electron chi connectivity index (χ4n) is 6.92. The van der Waals surface area contributed by atoms with Crippen LogP contribution in [0.5, 0.6) is 0 Å². The zero-order chi connectivity index (χ0) is 38.5. The summed E-state index contributed by atoms with van der Waals surface area (Å²) < 4.78 is 34.0. The van der Waals surface area contributed by atoms with E-state index in [1.807, 2.05) is 6.92 Å². The number of alkyl carbamates (subject to hydrolysis) is 1. The van der Waals surface area contributed by atoms with Crippen LogP contribution in [0.15, 0.2) is 49.3 Å². The Bertz CT molecular complexity index is 2290. The molecule has 0 aliphatic heterocycles. The van der Waals surface area contributed by atoms with Crippen molar-refractivity contribution < 1.29 is 23.4 Å². The highest BCUT2D eigenvalue weighted by Crippen LogP contribution is 2.31. The Morgan fingerprint density at radius 3 is 1.85 bits per heavy atom. The van der Waals surface area contributed by atoms with Gasteiger partial charge in [-0.3, -0.25) is 0 Å². The number of carbonyl (C=O) groups is 1. The first-order valence-corrected chi connectivity index (χ1v) is 18.9. The molecule has 0 bridgehead atoms. The minimum Gasteiger partial charge on any atom is -0.446 e. The Morgan fingerprint density at radius 2 is 1.33 bits per heavy atom. The maximum Gasteiger partial charge on any atom is 0.407 e. The van der Waals surface area contributed by atoms with Gasteiger partial charge in [0.2, 0.25) is 0 Å². The molecule has 6 aromatic rings. The van der Waals surface area contributed by atoms with E-state index in [2.05, 4.69) is 55.8 Å². The van der Waals surface area contributed by atoms with E-state index in [1.54, 1.807) is 36.9 Å². The number of anilines is 2. The Labute approximate surface area is 324 Å². The van der Waals surface area contributed by atoms with Gasteiger partial charge >= 0.3 is 6.09 Å². The maximum absolute atomic E-state index is 14.4. The Balaban J connectivity index is 0.000000172. The number of hydrogen-bond donors (Lipinski definition) is 6. The summed E-state index contributed by atoms with van der Waals surface area (Å²) in [7, 11) is 0. The monoisotopic (exact) mass is 793 g/mol. The number of carbonyl (C=O) groups excluding carboxylic acids is 1. The molecule has 1 amide bonds. The summed E-state index contributed by atoms with van der Waals surface area (Å²) in [5.74, 6) is -0.0431. The molecule has 2 aliphatic rings. The highest BCUT2D eigenvalue weighted by Gasteiger charge is 2.27. The zero-order valence-corrected chi connectivity index (χ0v) is 31.3. The minimum absolute atomic E-state index is 0.0000741. The molecule has 6 heterocycles. The average Bonchev–Trinajstić information content (AvgIpc) is 3.78. The molecule has 55 heavy (non-hydrogen) atoms. The largest absolute Gasteiger partial charge is 0.446 e. The van der Waals surface area contributed by atoms with Crippen LogP contribution in [-0.2, 0) is 4.74 Å². The predicted octanol–water partition coefficient (Wildman–Crippen LogP) is 7.81. The van der Waals surface area contributed by atoms with Crippen molar-refractivity contribution in [1.82, 2.24) is 45.2 Å². The van der Waals surface area contributed by atoms with E-state index >= 15 is 0 Å². The summed E-state index contributed by atoms with van der Waals surface area (Å²) in [5, 5.41) is 21.2. The van der Waals surface area contributed by atoms with Crippen molar-refractivity contribution in [3.8, 4) is 22.8 Å². The number of rotatable bonds is 8. The smallest absolute Gasteiger partial charge is 0.407 e. The van der Waals surface area contributed by atoms with Gasteiger partial charge in [0, 0.05) is 71.7 Å². The molecule has 2 saturated carbocycles. The lowest BCUT2D eigenvalue weighted by molar-refractivity contribution is 0.0727. The lowest BCUT2D eigenvalue weighted by Gasteiger charge is -2.29. The van der Waals surface area contributed by atoms with E-state index in [-0.39, 0.29) is 35.9 Å². The van der Waals surface area contributed by atoms with Crippen molar-refractivity contribution >= 4 is 63.0 Å². The molecule has 288 valence electrons. The zero-order valence-electron chi connectivity index (χ0n) is 29.8. The van der Waals surface area contributed by atoms with Crippen LogP contribution in [0.1, 0.15) is 58.3 Å². The predicted molar refractivity (Wildman–Crippen MR) is 206 cm³/mol. The van der Waals surface area contributed by atoms with Crippen LogP contribution in [0.4, 0.5) is 25.2 Å². The highest BCUT2D eigenvalue weighted by atomic mass is 35.5. The number of aromatic amines is 2. The number of H-pyrrole nitrogens is 2. The van der Waals surface area contributed by atoms with Crippen molar-refractivity contribution in [2.75, 3.05) is 17.2 Å². The van der Waals surface area contributed by atoms with E-state index in [4.69, 9.17) is 27.9 Å². The van der Waals surface area contributed by atoms with Crippen LogP contribution in [0.25, 0.3) is 44.8 Å². The van der Waals surface area contributed by atoms with Gasteiger partial charge in [0.05, 0.1) is 28.5 Å². The molecule has 0 spiro atoms. The molecular formula is C37H39Cl2F2N11O3. The topological polar surface area (TPSA) is 192 Å². The van der Waals surface area contributed by atoms with Crippen molar-refractivity contribution in [3.05, 3.63) is 71.0 Å². The number of aliphatic hydroxyl groups excluding tert-OH is 1. The average molecular weight is 795 g/mol. The number of aliphatic hydroxyl groups is 1. The van der Waals surface area contributed by atoms with Gasteiger partial charge in [0.15, 0.2) is 34.9 Å². The minimum atomic E-state index is -0.540. The van der Waals surface area contributed by atoms with Crippen LogP contribution in [-0.4, -0.2) is 81.9 Å². The number of nitrogens with one attached hydrogen (secondary N) is 5. The number of ether oxygens (including phenoxy) is 1. The third kappa shape index (κ3) is 9.20. The molecule has 14 nitrogen and oxygen atoms in total. The van der Waals surface area contributed by atoms with Gasteiger partial charge in [-0.05, 0) is 64.0 Å². The van der Waals surface area contributed by atoms with Crippen LogP contribution in [0.2, 0.25) is 10.0 Å². The summed E-state index contributed by atoms with van der Waals surface area (Å²) in [4.78, 5) is 43.2. The molecule has 0 radical (unpaired) electrons. The van der Waals surface area contributed by atoms with Crippen LogP contribution in [0, 0.1) is 11.6 Å². The van der Waals surface area contributed by atoms with Crippen molar-refractivity contribution in [2.45, 2.75) is 82.6 Å². The lowest BCUT2D eigenvalue weighted by atomic mass is 9.93. The second kappa shape index (κ2) is 17.1. The third-order valence-corrected chi connectivity index (χ3v) is 9.93. The van der Waals surface area contributed by atoms with Gasteiger partial charge < -0.3 is 35.8 Å². The van der Waals surface area contributed by atoms with Gasteiger partial charge in [-0.1, -0.05) is 23.2 Å². The fraction of sp³-hybridized carbons (Fsp3) is 0.378. The number of amides is 1. The van der Waals surface area contributed by atoms with Crippen molar-refractivity contribution in [3.63, 3.8) is 0 Å². The molecule has 4 atom stereocenters. The highest BCUT2D eigenvalue weighted by molar-refractivity contribution is 6.31. The fourth-order valence-corrected chi connectivity index (χ4v) is 7.24. The normalized spacial score (nSPS) is 19.7. The standard InChI is InChI=1S/C20H22ClFN6O2.C17H17ClFN5O/c1-2-23-20(29)30-13-5-3-4-12(7-13)27-19-16(22)10-26-18(28-19)15-9-25-17-14(15)6-11(21)8-24-17;18-9-4-12-13(7-21-15(12)20-6-9)16-22-8-14(19)17(24-16)23-10-2-1-3-11(25)5-10/h6,8-10,12-13H,2-5,7H2,1H3,(H,23,29)(H,24,25)(H,26,27,28);4,6-8,10-11,25H,1-3,5H2,(H,20,21)(H,22,23,24). The van der Waals surface area contributed by atoms with Gasteiger partial charge in [-0.2, -0.15) is 0 Å². The molecule has 6 N–H and O–H groups in total. The van der Waals surface area contributed by atoms with Gasteiger partial charge in [0.1, 0.15) is 17.4 Å². The first kappa shape index (κ1) is 38.1. The molecule has 18 heteroatoms. The summed E-state index contributed by atoms with van der Waals surface area (Å²) in [5.41, 5.74) is 2.70. The van der Waals surface area contributed by atoms with E-state index in [0.717, 1.165) is 61.7 Å². The van der Waals surface area contributed by atoms with Gasteiger partial charge in [0.25, 0.3) is 0 Å². The second-order valence-electron chi connectivity index (χ2n) is 13.5. The van der Waals surface area contributed by atoms with E-state index in [0.29, 0.717) is 63.5 Å². The van der Waals surface area contributed by atoms with Crippen LogP contribution >= 0.6 is 23.2 Å². The first-order valence-electron chi connectivity index (χ1n) is 18.1. The molecule has 8 rings (SSSR count). The van der Waals surface area contributed by atoms with Gasteiger partial charge in [-0.15, -0.1) is 0 Å². The third-order valence-electron chi connectivity index (χ3n) is 9.51. The Morgan fingerprint density at radius 1 is 0.800 bits per heavy atom. The molecule has 2 aliphatic carbocycles. The van der Waals surface area contributed by atoms with Crippen molar-refractivity contribution in [2.24, 2.45) is 0 Å². The summed E-state index contributed by atoms with van der Waals surface area (Å²) >= 11 is 12.1. The number of aromatic nitrogens is 8. The number of pyridine rings is 2. The summed E-state index contributed by atoms with van der Waals surface area (Å²) in [6, 6.07) is 3.47. The van der Waals surface area contributed by atoms with Crippen LogP contribution in [0.3, 0.4) is 0 Å². The molecular weight excluding hydrogens is 755 g/mol. The molecule has 2 fully saturated rings.